The molecule has 1 aliphatic heterocycles. The van der Waals surface area contributed by atoms with Crippen molar-refractivity contribution in [3.63, 3.8) is 0 Å². The van der Waals surface area contributed by atoms with E-state index in [1.807, 2.05) is 0 Å². The predicted octanol–water partition coefficient (Wildman–Crippen LogP) is 1.11. The van der Waals surface area contributed by atoms with E-state index in [-0.39, 0.29) is 5.91 Å². The molecule has 1 heterocycles. The molecule has 84 valence electrons. The Morgan fingerprint density at radius 3 is 2.47 bits per heavy atom. The summed E-state index contributed by atoms with van der Waals surface area (Å²) in [5.41, 5.74) is 0. The van der Waals surface area contributed by atoms with Gasteiger partial charge in [0.1, 0.15) is 6.04 Å². The number of nitrogens with one attached hydrogen (secondary N) is 1. The number of carbonyl (C=O) groups is 2. The topological polar surface area (TPSA) is 49.4 Å². The minimum atomic E-state index is -2.71. The number of carbonyl (C=O) groups excluding carboxylic acids is 2. The van der Waals surface area contributed by atoms with Gasteiger partial charge in [-0.25, -0.2) is 13.6 Å². The lowest BCUT2D eigenvalue weighted by atomic mass is 9.87. The molecule has 1 atom stereocenters. The molecule has 1 unspecified atom stereocenters. The van der Waals surface area contributed by atoms with Crippen LogP contribution in [0.2, 0.25) is 0 Å². The summed E-state index contributed by atoms with van der Waals surface area (Å²) in [6.07, 6.45) is -0.310. The van der Waals surface area contributed by atoms with Crippen LogP contribution in [-0.4, -0.2) is 34.8 Å². The molecule has 15 heavy (non-hydrogen) atoms. The number of nitrogens with zero attached hydrogens (tertiary/aromatic N) is 1. The largest absolute Gasteiger partial charge is 0.326 e. The first-order valence-electron chi connectivity index (χ1n) is 4.96. The van der Waals surface area contributed by atoms with Gasteiger partial charge in [-0.05, 0) is 6.42 Å². The first-order valence-corrected chi connectivity index (χ1v) is 4.96. The number of imide groups is 1. The second-order valence-corrected chi connectivity index (χ2v) is 4.04. The van der Waals surface area contributed by atoms with E-state index in [1.54, 1.807) is 6.92 Å². The fourth-order valence-corrected chi connectivity index (χ4v) is 1.98. The molecule has 0 bridgehead atoms. The zero-order valence-corrected chi connectivity index (χ0v) is 8.30. The number of halogens is 2. The summed E-state index contributed by atoms with van der Waals surface area (Å²) in [4.78, 5) is 23.9. The van der Waals surface area contributed by atoms with Gasteiger partial charge in [-0.15, -0.1) is 0 Å². The Kier molecular flexibility index (Phi) is 2.17. The van der Waals surface area contributed by atoms with Crippen molar-refractivity contribution in [2.24, 2.45) is 0 Å². The molecule has 1 saturated heterocycles. The Hall–Kier alpha value is -1.20. The zero-order chi connectivity index (χ0) is 11.2. The average molecular weight is 218 g/mol. The summed E-state index contributed by atoms with van der Waals surface area (Å²) in [6.45, 7) is 1.77. The van der Waals surface area contributed by atoms with E-state index >= 15 is 0 Å². The van der Waals surface area contributed by atoms with Crippen LogP contribution in [-0.2, 0) is 4.79 Å². The Labute approximate surface area is 85.6 Å². The zero-order valence-electron chi connectivity index (χ0n) is 8.30. The number of rotatable bonds is 2. The Balaban J connectivity index is 2.05. The molecule has 0 aromatic rings. The van der Waals surface area contributed by atoms with E-state index in [2.05, 4.69) is 5.32 Å². The maximum atomic E-state index is 12.6. The minimum Gasteiger partial charge on any atom is -0.326 e. The van der Waals surface area contributed by atoms with Crippen molar-refractivity contribution in [2.75, 3.05) is 0 Å². The van der Waals surface area contributed by atoms with Crippen molar-refractivity contribution >= 4 is 11.9 Å². The van der Waals surface area contributed by atoms with Crippen molar-refractivity contribution in [1.82, 2.24) is 10.2 Å². The van der Waals surface area contributed by atoms with Crippen LogP contribution >= 0.6 is 0 Å². The number of alkyl halides is 2. The van der Waals surface area contributed by atoms with Crippen LogP contribution in [0.15, 0.2) is 0 Å². The van der Waals surface area contributed by atoms with Crippen LogP contribution in [0.5, 0.6) is 0 Å². The number of hydrogen-bond acceptors (Lipinski definition) is 2. The van der Waals surface area contributed by atoms with Crippen LogP contribution < -0.4 is 5.32 Å². The third-order valence-electron chi connectivity index (χ3n) is 2.89. The molecule has 0 aromatic carbocycles. The van der Waals surface area contributed by atoms with Gasteiger partial charge in [0, 0.05) is 12.8 Å². The molecule has 1 saturated carbocycles. The van der Waals surface area contributed by atoms with Gasteiger partial charge in [0.25, 0.3) is 11.8 Å². The quantitative estimate of drug-likeness (QED) is 0.706. The molecule has 0 radical (unpaired) electrons. The molecule has 2 aliphatic rings. The van der Waals surface area contributed by atoms with E-state index in [4.69, 9.17) is 0 Å². The summed E-state index contributed by atoms with van der Waals surface area (Å²) in [5, 5.41) is 2.47. The van der Waals surface area contributed by atoms with Crippen molar-refractivity contribution < 1.29 is 18.4 Å². The van der Waals surface area contributed by atoms with Gasteiger partial charge in [-0.3, -0.25) is 9.69 Å². The van der Waals surface area contributed by atoms with Crippen LogP contribution in [0.25, 0.3) is 0 Å². The molecule has 0 aromatic heterocycles. The molecule has 1 N–H and O–H groups in total. The fourth-order valence-electron chi connectivity index (χ4n) is 1.98. The molecular formula is C9H12F2N2O2. The summed E-state index contributed by atoms with van der Waals surface area (Å²) in [6, 6.07) is -1.69. The molecule has 2 rings (SSSR count). The van der Waals surface area contributed by atoms with Crippen LogP contribution in [0.3, 0.4) is 0 Å². The maximum Gasteiger partial charge on any atom is 0.325 e. The highest BCUT2D eigenvalue weighted by molar-refractivity contribution is 6.04. The van der Waals surface area contributed by atoms with E-state index < -0.39 is 36.9 Å². The standard InChI is InChI=1S/C9H12F2N2O2/c1-2-6-7(14)13(8(15)12-6)5-3-9(10,11)4-5/h5-6H,2-4H2,1H3,(H,12,15). The molecule has 6 heteroatoms. The van der Waals surface area contributed by atoms with Crippen molar-refractivity contribution in [2.45, 2.75) is 44.2 Å². The summed E-state index contributed by atoms with van der Waals surface area (Å²) in [7, 11) is 0. The van der Waals surface area contributed by atoms with Gasteiger partial charge in [-0.1, -0.05) is 6.92 Å². The smallest absolute Gasteiger partial charge is 0.325 e. The van der Waals surface area contributed by atoms with E-state index in [1.165, 1.54) is 0 Å². The highest BCUT2D eigenvalue weighted by Crippen LogP contribution is 2.41. The van der Waals surface area contributed by atoms with Crippen molar-refractivity contribution in [3.8, 4) is 0 Å². The van der Waals surface area contributed by atoms with Crippen LogP contribution in [0, 0.1) is 0 Å². The van der Waals surface area contributed by atoms with Gasteiger partial charge in [0.05, 0.1) is 6.04 Å². The summed E-state index contributed by atoms with van der Waals surface area (Å²) in [5.74, 6) is -3.08. The number of hydrogen-bond donors (Lipinski definition) is 1. The highest BCUT2D eigenvalue weighted by Gasteiger charge is 2.53. The first-order chi connectivity index (χ1) is 6.94. The van der Waals surface area contributed by atoms with Gasteiger partial charge in [0.2, 0.25) is 0 Å². The molecule has 0 spiro atoms. The van der Waals surface area contributed by atoms with Gasteiger partial charge in [-0.2, -0.15) is 0 Å². The number of urea groups is 1. The first kappa shape index (κ1) is 10.3. The second kappa shape index (κ2) is 3.15. The third kappa shape index (κ3) is 1.57. The van der Waals surface area contributed by atoms with Crippen LogP contribution in [0.1, 0.15) is 26.2 Å². The van der Waals surface area contributed by atoms with E-state index in [0.717, 1.165) is 4.90 Å². The summed E-state index contributed by atoms with van der Waals surface area (Å²) >= 11 is 0. The lowest BCUT2D eigenvalue weighted by Gasteiger charge is -2.38. The van der Waals surface area contributed by atoms with Crippen LogP contribution in [0.4, 0.5) is 13.6 Å². The van der Waals surface area contributed by atoms with E-state index in [9.17, 15) is 18.4 Å². The Morgan fingerprint density at radius 1 is 1.47 bits per heavy atom. The Morgan fingerprint density at radius 2 is 2.07 bits per heavy atom. The summed E-state index contributed by atoms with van der Waals surface area (Å²) < 4.78 is 25.2. The lowest BCUT2D eigenvalue weighted by Crippen LogP contribution is -2.53. The fraction of sp³-hybridized carbons (Fsp3) is 0.778. The SMILES string of the molecule is CCC1NC(=O)N(C2CC(F)(F)C2)C1=O. The highest BCUT2D eigenvalue weighted by atomic mass is 19.3. The molecule has 4 nitrogen and oxygen atoms in total. The second-order valence-electron chi connectivity index (χ2n) is 4.04. The lowest BCUT2D eigenvalue weighted by molar-refractivity contribution is -0.143. The average Bonchev–Trinajstić information content (AvgIpc) is 2.37. The van der Waals surface area contributed by atoms with Gasteiger partial charge >= 0.3 is 6.03 Å². The minimum absolute atomic E-state index is 0.372. The normalized spacial score (nSPS) is 30.3. The van der Waals surface area contributed by atoms with E-state index in [0.29, 0.717) is 6.42 Å². The van der Waals surface area contributed by atoms with Gasteiger partial charge in [0.15, 0.2) is 0 Å². The molecule has 3 amide bonds. The third-order valence-corrected chi connectivity index (χ3v) is 2.89. The molecule has 2 fully saturated rings. The molecular weight excluding hydrogens is 206 g/mol. The predicted molar refractivity (Wildman–Crippen MR) is 47.4 cm³/mol. The monoisotopic (exact) mass is 218 g/mol. The van der Waals surface area contributed by atoms with Crippen molar-refractivity contribution in [3.05, 3.63) is 0 Å². The number of amides is 3. The maximum absolute atomic E-state index is 12.6. The molecule has 1 aliphatic carbocycles. The van der Waals surface area contributed by atoms with Gasteiger partial charge < -0.3 is 5.32 Å². The Bertz CT molecular complexity index is 311. The van der Waals surface area contributed by atoms with Crippen molar-refractivity contribution in [1.29, 1.82) is 0 Å².